The second-order valence-corrected chi connectivity index (χ2v) is 5.20. The van der Waals surface area contributed by atoms with Crippen LogP contribution < -0.4 is 5.43 Å². The summed E-state index contributed by atoms with van der Waals surface area (Å²) in [6, 6.07) is 3.42. The summed E-state index contributed by atoms with van der Waals surface area (Å²) in [6.07, 6.45) is -5.30. The van der Waals surface area contributed by atoms with Gasteiger partial charge in [0.1, 0.15) is 12.0 Å². The number of aromatic hydroxyl groups is 1. The number of aliphatic hydroxyl groups is 1. The lowest BCUT2D eigenvalue weighted by Crippen LogP contribution is -2.27. The first-order chi connectivity index (χ1) is 11.2. The number of benzene rings is 1. The second-order valence-electron chi connectivity index (χ2n) is 5.20. The quantitative estimate of drug-likeness (QED) is 0.872. The smallest absolute Gasteiger partial charge is 0.416 e. The van der Waals surface area contributed by atoms with E-state index in [1.54, 1.807) is 0 Å². The van der Waals surface area contributed by atoms with Gasteiger partial charge < -0.3 is 19.5 Å². The number of nitrogens with zero attached hydrogens (tertiary/aromatic N) is 1. The topological polar surface area (TPSA) is 91.0 Å². The van der Waals surface area contributed by atoms with Gasteiger partial charge >= 0.3 is 6.18 Å². The number of carbonyl (C=O) groups is 1. The van der Waals surface area contributed by atoms with Gasteiger partial charge in [-0.2, -0.15) is 13.2 Å². The largest absolute Gasteiger partial charge is 0.502 e. The minimum Gasteiger partial charge on any atom is -0.502 e. The summed E-state index contributed by atoms with van der Waals surface area (Å²) in [7, 11) is 0. The van der Waals surface area contributed by atoms with Crippen LogP contribution in [0.5, 0.6) is 5.75 Å². The first-order valence-electron chi connectivity index (χ1n) is 6.69. The van der Waals surface area contributed by atoms with Gasteiger partial charge in [0.15, 0.2) is 12.0 Å². The summed E-state index contributed by atoms with van der Waals surface area (Å²) in [6.45, 7) is -0.342. The lowest BCUT2D eigenvalue weighted by atomic mass is 10.1. The molecule has 0 aliphatic carbocycles. The molecule has 1 amide bonds. The third-order valence-corrected chi connectivity index (χ3v) is 3.64. The van der Waals surface area contributed by atoms with Crippen molar-refractivity contribution in [1.82, 2.24) is 4.90 Å². The molecule has 2 heterocycles. The average molecular weight is 341 g/mol. The Balaban J connectivity index is 1.93. The molecule has 1 unspecified atom stereocenters. The van der Waals surface area contributed by atoms with E-state index in [4.69, 9.17) is 9.52 Å². The Labute approximate surface area is 132 Å². The van der Waals surface area contributed by atoms with Crippen molar-refractivity contribution in [2.45, 2.75) is 18.9 Å². The van der Waals surface area contributed by atoms with Crippen LogP contribution in [0.15, 0.2) is 39.7 Å². The van der Waals surface area contributed by atoms with Gasteiger partial charge in [-0.3, -0.25) is 9.59 Å². The number of carbonyl (C=O) groups excluding carboxylic acids is 1. The van der Waals surface area contributed by atoms with Crippen LogP contribution in [-0.4, -0.2) is 21.0 Å². The zero-order valence-electron chi connectivity index (χ0n) is 11.9. The molecular formula is C15H10F3NO5. The molecule has 24 heavy (non-hydrogen) atoms. The fraction of sp³-hybridized carbons (Fsp3) is 0.200. The molecule has 1 atom stereocenters. The Morgan fingerprint density at radius 2 is 1.92 bits per heavy atom. The van der Waals surface area contributed by atoms with Gasteiger partial charge in [-0.1, -0.05) is 6.07 Å². The van der Waals surface area contributed by atoms with E-state index in [0.29, 0.717) is 6.07 Å². The normalized spacial score (nSPS) is 17.2. The van der Waals surface area contributed by atoms with Crippen molar-refractivity contribution in [2.24, 2.45) is 0 Å². The molecule has 0 saturated carbocycles. The molecule has 6 nitrogen and oxygen atoms in total. The molecule has 0 radical (unpaired) electrons. The van der Waals surface area contributed by atoms with Gasteiger partial charge in [0.2, 0.25) is 5.43 Å². The Morgan fingerprint density at radius 3 is 2.54 bits per heavy atom. The monoisotopic (exact) mass is 341 g/mol. The predicted octanol–water partition coefficient (Wildman–Crippen LogP) is 2.01. The lowest BCUT2D eigenvalue weighted by Gasteiger charge is -2.19. The van der Waals surface area contributed by atoms with Gasteiger partial charge in [-0.15, -0.1) is 0 Å². The number of halogens is 3. The number of aliphatic hydroxyl groups excluding tert-OH is 1. The van der Waals surface area contributed by atoms with E-state index in [-0.39, 0.29) is 23.4 Å². The first kappa shape index (κ1) is 16.1. The highest BCUT2D eigenvalue weighted by atomic mass is 19.4. The summed E-state index contributed by atoms with van der Waals surface area (Å²) in [4.78, 5) is 24.5. The maximum absolute atomic E-state index is 12.7. The molecule has 0 saturated heterocycles. The Kier molecular flexibility index (Phi) is 3.60. The molecule has 1 aliphatic heterocycles. The van der Waals surface area contributed by atoms with Crippen LogP contribution in [0.1, 0.15) is 33.5 Å². The molecule has 1 aliphatic rings. The van der Waals surface area contributed by atoms with Crippen molar-refractivity contribution in [2.75, 3.05) is 0 Å². The van der Waals surface area contributed by atoms with Crippen molar-refractivity contribution in [3.63, 3.8) is 0 Å². The molecule has 2 N–H and O–H groups in total. The summed E-state index contributed by atoms with van der Waals surface area (Å²) >= 11 is 0. The number of alkyl halides is 3. The highest BCUT2D eigenvalue weighted by Gasteiger charge is 2.39. The zero-order chi connectivity index (χ0) is 17.6. The molecule has 126 valence electrons. The SMILES string of the molecule is O=C1c2cc(C(F)(F)F)ccc2C(O)N1Cc1cc(=O)c(O)co1. The lowest BCUT2D eigenvalue weighted by molar-refractivity contribution is -0.137. The van der Waals surface area contributed by atoms with E-state index in [1.165, 1.54) is 0 Å². The third-order valence-electron chi connectivity index (χ3n) is 3.64. The Bertz CT molecular complexity index is 874. The van der Waals surface area contributed by atoms with Gasteiger partial charge in [0.05, 0.1) is 12.1 Å². The van der Waals surface area contributed by atoms with Gasteiger partial charge in [-0.05, 0) is 12.1 Å². The van der Waals surface area contributed by atoms with E-state index in [0.717, 1.165) is 29.4 Å². The van der Waals surface area contributed by atoms with Crippen LogP contribution in [0.4, 0.5) is 13.2 Å². The van der Waals surface area contributed by atoms with E-state index < -0.39 is 35.1 Å². The summed E-state index contributed by atoms with van der Waals surface area (Å²) in [5, 5.41) is 19.3. The maximum atomic E-state index is 12.7. The van der Waals surface area contributed by atoms with Crippen LogP contribution in [0, 0.1) is 0 Å². The predicted molar refractivity (Wildman–Crippen MR) is 72.9 cm³/mol. The van der Waals surface area contributed by atoms with E-state index >= 15 is 0 Å². The summed E-state index contributed by atoms with van der Waals surface area (Å²) < 4.78 is 43.2. The number of hydrogen-bond acceptors (Lipinski definition) is 5. The molecule has 0 spiro atoms. The second kappa shape index (κ2) is 5.38. The van der Waals surface area contributed by atoms with Crippen LogP contribution >= 0.6 is 0 Å². The van der Waals surface area contributed by atoms with Gasteiger partial charge in [0, 0.05) is 17.2 Å². The van der Waals surface area contributed by atoms with Gasteiger partial charge in [-0.25, -0.2) is 0 Å². The average Bonchev–Trinajstić information content (AvgIpc) is 2.75. The maximum Gasteiger partial charge on any atom is 0.416 e. The number of amides is 1. The first-order valence-corrected chi connectivity index (χ1v) is 6.69. The molecule has 1 aromatic carbocycles. The molecule has 3 rings (SSSR count). The van der Waals surface area contributed by atoms with E-state index in [2.05, 4.69) is 0 Å². The van der Waals surface area contributed by atoms with Crippen molar-refractivity contribution < 1.29 is 32.6 Å². The molecule has 1 aromatic heterocycles. The fourth-order valence-corrected chi connectivity index (χ4v) is 2.43. The minimum absolute atomic E-state index is 0.0333. The van der Waals surface area contributed by atoms with E-state index in [1.807, 2.05) is 0 Å². The van der Waals surface area contributed by atoms with Crippen molar-refractivity contribution in [3.05, 3.63) is 63.2 Å². The van der Waals surface area contributed by atoms with Gasteiger partial charge in [0.25, 0.3) is 5.91 Å². The van der Waals surface area contributed by atoms with Crippen LogP contribution in [0.3, 0.4) is 0 Å². The molecule has 0 bridgehead atoms. The van der Waals surface area contributed by atoms with E-state index in [9.17, 15) is 27.9 Å². The van der Waals surface area contributed by atoms with Crippen molar-refractivity contribution >= 4 is 5.91 Å². The zero-order valence-corrected chi connectivity index (χ0v) is 11.9. The fourth-order valence-electron chi connectivity index (χ4n) is 2.43. The third kappa shape index (κ3) is 2.62. The molecule has 0 fully saturated rings. The van der Waals surface area contributed by atoms with Crippen molar-refractivity contribution in [1.29, 1.82) is 0 Å². The number of fused-ring (bicyclic) bond motifs is 1. The number of hydrogen-bond donors (Lipinski definition) is 2. The van der Waals surface area contributed by atoms with Crippen LogP contribution in [0.2, 0.25) is 0 Å². The minimum atomic E-state index is -4.61. The Hall–Kier alpha value is -2.81. The highest BCUT2D eigenvalue weighted by Crippen LogP contribution is 2.37. The Morgan fingerprint density at radius 1 is 1.21 bits per heavy atom. The van der Waals surface area contributed by atoms with Crippen LogP contribution in [-0.2, 0) is 12.7 Å². The number of rotatable bonds is 2. The molecule has 2 aromatic rings. The summed E-state index contributed by atoms with van der Waals surface area (Å²) in [5.74, 6) is -1.47. The van der Waals surface area contributed by atoms with Crippen LogP contribution in [0.25, 0.3) is 0 Å². The molecule has 9 heteroatoms. The summed E-state index contributed by atoms with van der Waals surface area (Å²) in [5.41, 5.74) is -1.97. The standard InChI is InChI=1S/C15H10F3NO5/c16-15(17,18)7-1-2-9-10(3-7)14(23)19(13(9)22)5-8-4-11(20)12(21)6-24-8/h1-4,6,13,21-22H,5H2. The van der Waals surface area contributed by atoms with Crippen molar-refractivity contribution in [3.8, 4) is 5.75 Å². The molecular weight excluding hydrogens is 331 g/mol. The highest BCUT2D eigenvalue weighted by molar-refractivity contribution is 5.99.